The second-order valence-electron chi connectivity index (χ2n) is 5.23. The van der Waals surface area contributed by atoms with Crippen LogP contribution in [0.1, 0.15) is 5.56 Å². The number of benzene rings is 2. The number of aromatic nitrogens is 4. The molecule has 1 heterocycles. The van der Waals surface area contributed by atoms with Gasteiger partial charge in [0.2, 0.25) is 11.1 Å². The van der Waals surface area contributed by atoms with E-state index in [4.69, 9.17) is 0 Å². The van der Waals surface area contributed by atoms with Crippen molar-refractivity contribution in [2.24, 2.45) is 0 Å². The predicted molar refractivity (Wildman–Crippen MR) is 101 cm³/mol. The molecular formula is C17H17N5OS2. The van der Waals surface area contributed by atoms with E-state index >= 15 is 0 Å². The molecule has 0 spiro atoms. The molecule has 25 heavy (non-hydrogen) atoms. The van der Waals surface area contributed by atoms with E-state index in [1.807, 2.05) is 61.7 Å². The van der Waals surface area contributed by atoms with Crippen LogP contribution in [0.2, 0.25) is 0 Å². The van der Waals surface area contributed by atoms with Crippen molar-refractivity contribution >= 4 is 35.1 Å². The van der Waals surface area contributed by atoms with Gasteiger partial charge in [-0.3, -0.25) is 4.79 Å². The van der Waals surface area contributed by atoms with E-state index in [2.05, 4.69) is 20.8 Å². The number of carbonyl (C=O) groups excluding carboxylic acids is 1. The largest absolute Gasteiger partial charge is 0.325 e. The minimum atomic E-state index is -0.0948. The van der Waals surface area contributed by atoms with Crippen LogP contribution in [0, 0.1) is 6.92 Å². The number of anilines is 1. The molecular weight excluding hydrogens is 354 g/mol. The molecule has 0 aliphatic rings. The Morgan fingerprint density at radius 3 is 2.84 bits per heavy atom. The number of nitrogens with zero attached hydrogens (tertiary/aromatic N) is 4. The van der Waals surface area contributed by atoms with Gasteiger partial charge in [-0.25, -0.2) is 0 Å². The van der Waals surface area contributed by atoms with Gasteiger partial charge in [0.05, 0.1) is 11.4 Å². The number of nitrogens with one attached hydrogen (secondary N) is 1. The van der Waals surface area contributed by atoms with Crippen molar-refractivity contribution in [3.8, 4) is 5.69 Å². The molecule has 0 atom stereocenters. The van der Waals surface area contributed by atoms with Crippen molar-refractivity contribution in [3.05, 3.63) is 54.1 Å². The van der Waals surface area contributed by atoms with Crippen LogP contribution in [-0.2, 0) is 4.79 Å². The van der Waals surface area contributed by atoms with Crippen LogP contribution in [0.25, 0.3) is 5.69 Å². The summed E-state index contributed by atoms with van der Waals surface area (Å²) < 4.78 is 1.65. The molecule has 0 radical (unpaired) electrons. The fraction of sp³-hybridized carbons (Fsp3) is 0.176. The number of rotatable bonds is 6. The Morgan fingerprint density at radius 1 is 1.20 bits per heavy atom. The number of amides is 1. The van der Waals surface area contributed by atoms with Crippen LogP contribution in [-0.4, -0.2) is 38.1 Å². The van der Waals surface area contributed by atoms with Crippen molar-refractivity contribution < 1.29 is 4.79 Å². The third-order valence-electron chi connectivity index (χ3n) is 3.47. The fourth-order valence-electron chi connectivity index (χ4n) is 2.25. The van der Waals surface area contributed by atoms with Crippen molar-refractivity contribution in [2.45, 2.75) is 17.0 Å². The summed E-state index contributed by atoms with van der Waals surface area (Å²) in [5, 5.41) is 15.3. The first-order valence-corrected chi connectivity index (χ1v) is 9.79. The zero-order valence-corrected chi connectivity index (χ0v) is 15.5. The van der Waals surface area contributed by atoms with E-state index in [-0.39, 0.29) is 11.7 Å². The summed E-state index contributed by atoms with van der Waals surface area (Å²) >= 11 is 2.94. The van der Waals surface area contributed by atoms with Crippen LogP contribution >= 0.6 is 23.5 Å². The van der Waals surface area contributed by atoms with Gasteiger partial charge in [0.15, 0.2) is 0 Å². The van der Waals surface area contributed by atoms with Gasteiger partial charge in [-0.15, -0.1) is 16.9 Å². The summed E-state index contributed by atoms with van der Waals surface area (Å²) in [7, 11) is 0. The standard InChI is InChI=1S/C17H17N5OS2/c1-12-6-3-4-9-15(12)22-17(19-20-21-22)25-11-16(23)18-13-7-5-8-14(10-13)24-2/h3-10H,11H2,1-2H3,(H,18,23). The third-order valence-corrected chi connectivity index (χ3v) is 5.12. The highest BCUT2D eigenvalue weighted by Gasteiger charge is 2.13. The van der Waals surface area contributed by atoms with Gasteiger partial charge in [0.25, 0.3) is 0 Å². The van der Waals surface area contributed by atoms with Gasteiger partial charge < -0.3 is 5.32 Å². The molecule has 1 N–H and O–H groups in total. The number of aryl methyl sites for hydroxylation is 1. The van der Waals surface area contributed by atoms with Crippen LogP contribution in [0.15, 0.2) is 58.6 Å². The zero-order valence-electron chi connectivity index (χ0n) is 13.8. The van der Waals surface area contributed by atoms with Gasteiger partial charge in [-0.2, -0.15) is 4.68 Å². The molecule has 8 heteroatoms. The first-order valence-electron chi connectivity index (χ1n) is 7.58. The second kappa shape index (κ2) is 8.17. The van der Waals surface area contributed by atoms with Crippen LogP contribution in [0.4, 0.5) is 5.69 Å². The summed E-state index contributed by atoms with van der Waals surface area (Å²) in [6.07, 6.45) is 2.00. The molecule has 3 rings (SSSR count). The van der Waals surface area contributed by atoms with Crippen LogP contribution in [0.3, 0.4) is 0 Å². The van der Waals surface area contributed by atoms with E-state index in [0.29, 0.717) is 5.16 Å². The molecule has 1 amide bonds. The number of carbonyl (C=O) groups is 1. The predicted octanol–water partition coefficient (Wildman–Crippen LogP) is 3.42. The van der Waals surface area contributed by atoms with Crippen LogP contribution < -0.4 is 5.32 Å². The maximum Gasteiger partial charge on any atom is 0.234 e. The minimum Gasteiger partial charge on any atom is -0.325 e. The lowest BCUT2D eigenvalue weighted by molar-refractivity contribution is -0.113. The molecule has 0 saturated heterocycles. The Morgan fingerprint density at radius 2 is 2.04 bits per heavy atom. The zero-order chi connectivity index (χ0) is 17.6. The molecule has 6 nitrogen and oxygen atoms in total. The minimum absolute atomic E-state index is 0.0948. The van der Waals surface area contributed by atoms with Gasteiger partial charge in [-0.1, -0.05) is 36.0 Å². The summed E-state index contributed by atoms with van der Waals surface area (Å²) in [4.78, 5) is 13.3. The highest BCUT2D eigenvalue weighted by atomic mass is 32.2. The average Bonchev–Trinajstić information content (AvgIpc) is 3.09. The maximum atomic E-state index is 12.2. The number of hydrogen-bond donors (Lipinski definition) is 1. The van der Waals surface area contributed by atoms with Crippen molar-refractivity contribution in [1.82, 2.24) is 20.2 Å². The number of para-hydroxylation sites is 1. The summed E-state index contributed by atoms with van der Waals surface area (Å²) in [5.41, 5.74) is 2.76. The Balaban J connectivity index is 1.65. The number of hydrogen-bond acceptors (Lipinski definition) is 6. The molecule has 0 aliphatic carbocycles. The molecule has 0 fully saturated rings. The summed E-state index contributed by atoms with van der Waals surface area (Å²) in [6, 6.07) is 15.6. The van der Waals surface area contributed by atoms with Crippen molar-refractivity contribution in [1.29, 1.82) is 0 Å². The monoisotopic (exact) mass is 371 g/mol. The van der Waals surface area contributed by atoms with E-state index in [0.717, 1.165) is 21.8 Å². The Bertz CT molecular complexity index is 881. The summed E-state index contributed by atoms with van der Waals surface area (Å²) in [6.45, 7) is 2.00. The first kappa shape index (κ1) is 17.5. The summed E-state index contributed by atoms with van der Waals surface area (Å²) in [5.74, 6) is 0.137. The Hall–Kier alpha value is -2.32. The van der Waals surface area contributed by atoms with Crippen molar-refractivity contribution in [3.63, 3.8) is 0 Å². The molecule has 1 aromatic heterocycles. The molecule has 0 bridgehead atoms. The van der Waals surface area contributed by atoms with Crippen molar-refractivity contribution in [2.75, 3.05) is 17.3 Å². The average molecular weight is 371 g/mol. The van der Waals surface area contributed by atoms with E-state index in [1.54, 1.807) is 16.4 Å². The lowest BCUT2D eigenvalue weighted by Crippen LogP contribution is -2.14. The normalized spacial score (nSPS) is 10.6. The first-order chi connectivity index (χ1) is 12.2. The second-order valence-corrected chi connectivity index (χ2v) is 7.05. The quantitative estimate of drug-likeness (QED) is 0.669. The lowest BCUT2D eigenvalue weighted by Gasteiger charge is -2.08. The van der Waals surface area contributed by atoms with E-state index in [1.165, 1.54) is 11.8 Å². The Labute approximate surface area is 154 Å². The highest BCUT2D eigenvalue weighted by molar-refractivity contribution is 7.99. The van der Waals surface area contributed by atoms with Gasteiger partial charge >= 0.3 is 0 Å². The van der Waals surface area contributed by atoms with Gasteiger partial charge in [0, 0.05) is 10.6 Å². The maximum absolute atomic E-state index is 12.2. The SMILES string of the molecule is CSc1cccc(NC(=O)CSc2nnnn2-c2ccccc2C)c1. The van der Waals surface area contributed by atoms with E-state index in [9.17, 15) is 4.79 Å². The number of tetrazole rings is 1. The molecule has 0 aliphatic heterocycles. The highest BCUT2D eigenvalue weighted by Crippen LogP contribution is 2.22. The molecule has 128 valence electrons. The van der Waals surface area contributed by atoms with E-state index < -0.39 is 0 Å². The van der Waals surface area contributed by atoms with Gasteiger partial charge in [0.1, 0.15) is 0 Å². The topological polar surface area (TPSA) is 72.7 Å². The van der Waals surface area contributed by atoms with Gasteiger partial charge in [-0.05, 0) is 53.4 Å². The Kier molecular flexibility index (Phi) is 5.72. The molecule has 0 saturated carbocycles. The number of thioether (sulfide) groups is 2. The molecule has 3 aromatic rings. The lowest BCUT2D eigenvalue weighted by atomic mass is 10.2. The third kappa shape index (κ3) is 4.40. The molecule has 2 aromatic carbocycles. The molecule has 0 unspecified atom stereocenters. The smallest absolute Gasteiger partial charge is 0.234 e. The van der Waals surface area contributed by atoms with Crippen LogP contribution in [0.5, 0.6) is 0 Å². The fourth-order valence-corrected chi connectivity index (χ4v) is 3.39.